The molecule has 0 saturated heterocycles. The van der Waals surface area contributed by atoms with Gasteiger partial charge in [0.05, 0.1) is 12.5 Å². The summed E-state index contributed by atoms with van der Waals surface area (Å²) in [5.41, 5.74) is -1.63. The molecule has 1 aromatic heterocycles. The molecule has 0 fully saturated rings. The molecule has 0 spiro atoms. The Morgan fingerprint density at radius 1 is 1.64 bits per heavy atom. The molecule has 0 aliphatic rings. The van der Waals surface area contributed by atoms with Gasteiger partial charge in [-0.3, -0.25) is 4.79 Å². The van der Waals surface area contributed by atoms with Crippen molar-refractivity contribution in [2.45, 2.75) is 12.8 Å². The SMILES string of the molecule is N#CCc1cc(O)c(C(F)F)[nH]c1=O. The molecule has 0 aromatic carbocycles. The van der Waals surface area contributed by atoms with Crippen LogP contribution in [0.1, 0.15) is 17.7 Å². The van der Waals surface area contributed by atoms with Crippen molar-refractivity contribution in [3.05, 3.63) is 27.7 Å². The smallest absolute Gasteiger partial charge is 0.281 e. The Morgan fingerprint density at radius 3 is 2.79 bits per heavy atom. The molecular formula is C8H6F2N2O2. The number of pyridine rings is 1. The summed E-state index contributed by atoms with van der Waals surface area (Å²) in [4.78, 5) is 12.9. The molecule has 1 heterocycles. The van der Waals surface area contributed by atoms with Crippen LogP contribution < -0.4 is 5.56 Å². The number of nitriles is 1. The number of alkyl halides is 2. The maximum atomic E-state index is 12.1. The van der Waals surface area contributed by atoms with Gasteiger partial charge in [-0.15, -0.1) is 0 Å². The van der Waals surface area contributed by atoms with Gasteiger partial charge in [-0.05, 0) is 6.07 Å². The second-order valence-corrected chi connectivity index (χ2v) is 2.56. The van der Waals surface area contributed by atoms with Gasteiger partial charge in [0.1, 0.15) is 11.4 Å². The number of aromatic nitrogens is 1. The van der Waals surface area contributed by atoms with Crippen molar-refractivity contribution in [3.63, 3.8) is 0 Å². The van der Waals surface area contributed by atoms with Crippen molar-refractivity contribution in [2.75, 3.05) is 0 Å². The Balaban J connectivity index is 3.26. The van der Waals surface area contributed by atoms with Gasteiger partial charge in [0, 0.05) is 5.56 Å². The topological polar surface area (TPSA) is 76.9 Å². The fraction of sp³-hybridized carbons (Fsp3) is 0.250. The Morgan fingerprint density at radius 2 is 2.29 bits per heavy atom. The summed E-state index contributed by atoms with van der Waals surface area (Å²) in [6.45, 7) is 0. The second-order valence-electron chi connectivity index (χ2n) is 2.56. The number of nitrogens with one attached hydrogen (secondary N) is 1. The Kier molecular flexibility index (Phi) is 2.82. The maximum absolute atomic E-state index is 12.1. The van der Waals surface area contributed by atoms with Crippen LogP contribution in [-0.4, -0.2) is 10.1 Å². The summed E-state index contributed by atoms with van der Waals surface area (Å²) in [6, 6.07) is 2.56. The number of aromatic hydroxyl groups is 1. The number of hydrogen-bond donors (Lipinski definition) is 2. The van der Waals surface area contributed by atoms with Crippen LogP contribution in [0.4, 0.5) is 8.78 Å². The highest BCUT2D eigenvalue weighted by Gasteiger charge is 2.15. The van der Waals surface area contributed by atoms with Gasteiger partial charge in [0.25, 0.3) is 12.0 Å². The predicted octanol–water partition coefficient (Wildman–Crippen LogP) is 1.08. The van der Waals surface area contributed by atoms with E-state index in [2.05, 4.69) is 0 Å². The average Bonchev–Trinajstić information content (AvgIpc) is 2.10. The molecule has 74 valence electrons. The zero-order valence-electron chi connectivity index (χ0n) is 6.92. The molecule has 0 bridgehead atoms. The van der Waals surface area contributed by atoms with E-state index in [4.69, 9.17) is 10.4 Å². The van der Waals surface area contributed by atoms with Crippen molar-refractivity contribution in [2.24, 2.45) is 0 Å². The molecule has 4 nitrogen and oxygen atoms in total. The van der Waals surface area contributed by atoms with Crippen molar-refractivity contribution >= 4 is 0 Å². The number of halogens is 2. The van der Waals surface area contributed by atoms with Crippen molar-refractivity contribution in [3.8, 4) is 11.8 Å². The average molecular weight is 200 g/mol. The first-order valence-corrected chi connectivity index (χ1v) is 3.66. The first-order valence-electron chi connectivity index (χ1n) is 3.66. The summed E-state index contributed by atoms with van der Waals surface area (Å²) in [6.07, 6.45) is -3.18. The summed E-state index contributed by atoms with van der Waals surface area (Å²) < 4.78 is 24.3. The quantitative estimate of drug-likeness (QED) is 0.749. The van der Waals surface area contributed by atoms with Crippen LogP contribution in [0.2, 0.25) is 0 Å². The fourth-order valence-electron chi connectivity index (χ4n) is 0.958. The van der Waals surface area contributed by atoms with Crippen molar-refractivity contribution in [1.29, 1.82) is 5.26 Å². The molecule has 1 aromatic rings. The van der Waals surface area contributed by atoms with E-state index in [0.717, 1.165) is 6.07 Å². The largest absolute Gasteiger partial charge is 0.506 e. The van der Waals surface area contributed by atoms with E-state index >= 15 is 0 Å². The molecule has 0 saturated carbocycles. The van der Waals surface area contributed by atoms with Crippen LogP contribution in [0, 0.1) is 11.3 Å². The van der Waals surface area contributed by atoms with Gasteiger partial charge in [0.15, 0.2) is 0 Å². The lowest BCUT2D eigenvalue weighted by Gasteiger charge is -2.03. The van der Waals surface area contributed by atoms with Crippen LogP contribution in [0.25, 0.3) is 0 Å². The van der Waals surface area contributed by atoms with Gasteiger partial charge in [-0.25, -0.2) is 8.78 Å². The molecular weight excluding hydrogens is 194 g/mol. The van der Waals surface area contributed by atoms with E-state index in [1.165, 1.54) is 0 Å². The molecule has 6 heteroatoms. The Hall–Kier alpha value is -1.90. The predicted molar refractivity (Wildman–Crippen MR) is 43.0 cm³/mol. The summed E-state index contributed by atoms with van der Waals surface area (Å²) in [5.74, 6) is -0.704. The number of hydrogen-bond acceptors (Lipinski definition) is 3. The summed E-state index contributed by atoms with van der Waals surface area (Å²) in [5, 5.41) is 17.3. The van der Waals surface area contributed by atoms with E-state index in [0.29, 0.717) is 0 Å². The first kappa shape index (κ1) is 10.2. The van der Waals surface area contributed by atoms with Gasteiger partial charge >= 0.3 is 0 Å². The molecule has 0 amide bonds. The van der Waals surface area contributed by atoms with Crippen LogP contribution in [-0.2, 0) is 6.42 Å². The lowest BCUT2D eigenvalue weighted by molar-refractivity contribution is 0.141. The molecule has 2 N–H and O–H groups in total. The molecule has 14 heavy (non-hydrogen) atoms. The van der Waals surface area contributed by atoms with Crippen LogP contribution in [0.5, 0.6) is 5.75 Å². The molecule has 1 rings (SSSR count). The number of H-pyrrole nitrogens is 1. The zero-order valence-corrected chi connectivity index (χ0v) is 6.92. The minimum absolute atomic E-state index is 0.0330. The highest BCUT2D eigenvalue weighted by Crippen LogP contribution is 2.24. The van der Waals surface area contributed by atoms with Gasteiger partial charge in [0.2, 0.25) is 0 Å². The highest BCUT2D eigenvalue weighted by molar-refractivity contribution is 5.32. The van der Waals surface area contributed by atoms with Gasteiger partial charge in [-0.1, -0.05) is 0 Å². The number of nitrogens with zero attached hydrogens (tertiary/aromatic N) is 1. The minimum atomic E-state index is -2.95. The van der Waals surface area contributed by atoms with E-state index in [1.807, 2.05) is 4.98 Å². The normalized spacial score (nSPS) is 10.1. The lowest BCUT2D eigenvalue weighted by Crippen LogP contribution is -2.14. The van der Waals surface area contributed by atoms with Gasteiger partial charge < -0.3 is 10.1 Å². The van der Waals surface area contributed by atoms with Crippen LogP contribution in [0.15, 0.2) is 10.9 Å². The zero-order chi connectivity index (χ0) is 10.7. The third-order valence-electron chi connectivity index (χ3n) is 1.61. The molecule has 0 radical (unpaired) electrons. The van der Waals surface area contributed by atoms with Crippen LogP contribution in [0.3, 0.4) is 0 Å². The Labute approximate surface area is 77.4 Å². The third-order valence-corrected chi connectivity index (χ3v) is 1.61. The van der Waals surface area contributed by atoms with Gasteiger partial charge in [-0.2, -0.15) is 5.26 Å². The molecule has 0 aliphatic heterocycles. The summed E-state index contributed by atoms with van der Waals surface area (Å²) in [7, 11) is 0. The van der Waals surface area contributed by atoms with E-state index in [9.17, 15) is 13.6 Å². The van der Waals surface area contributed by atoms with E-state index < -0.39 is 23.4 Å². The second kappa shape index (κ2) is 3.87. The highest BCUT2D eigenvalue weighted by atomic mass is 19.3. The molecule has 0 atom stereocenters. The van der Waals surface area contributed by atoms with Crippen molar-refractivity contribution < 1.29 is 13.9 Å². The number of rotatable bonds is 2. The third kappa shape index (κ3) is 1.88. The van der Waals surface area contributed by atoms with Crippen LogP contribution >= 0.6 is 0 Å². The summed E-state index contributed by atoms with van der Waals surface area (Å²) >= 11 is 0. The van der Waals surface area contributed by atoms with Crippen molar-refractivity contribution in [1.82, 2.24) is 4.98 Å². The standard InChI is InChI=1S/C8H6F2N2O2/c9-7(10)6-5(13)3-4(1-2-11)8(14)12-6/h3,7,13H,1H2,(H,12,14). The Bertz CT molecular complexity index is 434. The monoisotopic (exact) mass is 200 g/mol. The molecule has 0 aliphatic carbocycles. The first-order chi connectivity index (χ1) is 6.56. The number of aromatic amines is 1. The molecule has 0 unspecified atom stereocenters. The van der Waals surface area contributed by atoms with E-state index in [-0.39, 0.29) is 12.0 Å². The minimum Gasteiger partial charge on any atom is -0.506 e. The lowest BCUT2D eigenvalue weighted by atomic mass is 10.2. The fourth-order valence-corrected chi connectivity index (χ4v) is 0.958. The van der Waals surface area contributed by atoms with E-state index in [1.54, 1.807) is 6.07 Å². The maximum Gasteiger partial charge on any atom is 0.281 e.